The number of nitrogens with one attached hydrogen (secondary N) is 1. The molecule has 1 N–H and O–H groups in total. The highest BCUT2D eigenvalue weighted by Gasteiger charge is 2.41. The second-order valence-corrected chi connectivity index (χ2v) is 8.10. The molecule has 0 amide bonds. The largest absolute Gasteiger partial charge is 0.496 e. The third kappa shape index (κ3) is 2.57. The van der Waals surface area contributed by atoms with Gasteiger partial charge in [0.05, 0.1) is 12.0 Å². The molecule has 4 nitrogen and oxygen atoms in total. The van der Waals surface area contributed by atoms with E-state index >= 15 is 0 Å². The van der Waals surface area contributed by atoms with Crippen LogP contribution in [0, 0.1) is 25.7 Å². The highest BCUT2D eigenvalue weighted by Crippen LogP contribution is 2.45. The summed E-state index contributed by atoms with van der Waals surface area (Å²) in [6.45, 7) is 3.73. The SMILES string of the molecule is COc1ccc(S(=O)(=O)N[C@@H]2C[C@@H]3CC[C@@H]2C3)c(C)c1C. The smallest absolute Gasteiger partial charge is 0.241 e. The monoisotopic (exact) mass is 309 g/mol. The Morgan fingerprint density at radius 2 is 1.90 bits per heavy atom. The maximum Gasteiger partial charge on any atom is 0.241 e. The molecule has 2 bridgehead atoms. The fraction of sp³-hybridized carbons (Fsp3) is 0.625. The predicted molar refractivity (Wildman–Crippen MR) is 82.0 cm³/mol. The van der Waals surface area contributed by atoms with E-state index in [1.54, 1.807) is 19.2 Å². The van der Waals surface area contributed by atoms with E-state index in [2.05, 4.69) is 4.72 Å². The zero-order valence-electron chi connectivity index (χ0n) is 12.8. The van der Waals surface area contributed by atoms with Crippen molar-refractivity contribution in [3.63, 3.8) is 0 Å². The van der Waals surface area contributed by atoms with Gasteiger partial charge in [-0.15, -0.1) is 0 Å². The van der Waals surface area contributed by atoms with Crippen LogP contribution in [0.4, 0.5) is 0 Å². The van der Waals surface area contributed by atoms with E-state index in [4.69, 9.17) is 4.74 Å². The van der Waals surface area contributed by atoms with Crippen molar-refractivity contribution in [2.45, 2.75) is 50.5 Å². The van der Waals surface area contributed by atoms with Gasteiger partial charge in [0.1, 0.15) is 5.75 Å². The van der Waals surface area contributed by atoms with E-state index in [-0.39, 0.29) is 6.04 Å². The van der Waals surface area contributed by atoms with Crippen molar-refractivity contribution in [1.82, 2.24) is 4.72 Å². The molecular formula is C16H23NO3S. The molecule has 3 atom stereocenters. The van der Waals surface area contributed by atoms with Crippen LogP contribution in [-0.4, -0.2) is 21.6 Å². The highest BCUT2D eigenvalue weighted by atomic mass is 32.2. The van der Waals surface area contributed by atoms with Gasteiger partial charge in [0.2, 0.25) is 10.0 Å². The second kappa shape index (κ2) is 5.29. The highest BCUT2D eigenvalue weighted by molar-refractivity contribution is 7.89. The number of rotatable bonds is 4. The van der Waals surface area contributed by atoms with Crippen molar-refractivity contribution in [2.24, 2.45) is 11.8 Å². The zero-order valence-corrected chi connectivity index (χ0v) is 13.7. The summed E-state index contributed by atoms with van der Waals surface area (Å²) in [5.74, 6) is 1.98. The molecule has 5 heteroatoms. The lowest BCUT2D eigenvalue weighted by atomic mass is 9.96. The van der Waals surface area contributed by atoms with Gasteiger partial charge in [-0.05, 0) is 68.2 Å². The average Bonchev–Trinajstić information content (AvgIpc) is 3.03. The number of benzene rings is 1. The van der Waals surface area contributed by atoms with Crippen LogP contribution < -0.4 is 9.46 Å². The van der Waals surface area contributed by atoms with Crippen LogP contribution in [0.2, 0.25) is 0 Å². The fourth-order valence-corrected chi connectivity index (χ4v) is 5.55. The lowest BCUT2D eigenvalue weighted by Gasteiger charge is -2.23. The maximum atomic E-state index is 12.7. The average molecular weight is 309 g/mol. The zero-order chi connectivity index (χ0) is 15.2. The Morgan fingerprint density at radius 1 is 1.14 bits per heavy atom. The van der Waals surface area contributed by atoms with E-state index in [1.807, 2.05) is 13.8 Å². The molecule has 1 aromatic rings. The van der Waals surface area contributed by atoms with Crippen LogP contribution in [-0.2, 0) is 10.0 Å². The first kappa shape index (κ1) is 14.9. The van der Waals surface area contributed by atoms with Gasteiger partial charge in [0.25, 0.3) is 0 Å². The third-order valence-electron chi connectivity index (χ3n) is 5.24. The van der Waals surface area contributed by atoms with E-state index in [1.165, 1.54) is 19.3 Å². The molecular weight excluding hydrogens is 286 g/mol. The molecule has 0 aromatic heterocycles. The normalized spacial score (nSPS) is 28.0. The summed E-state index contributed by atoms with van der Waals surface area (Å²) >= 11 is 0. The fourth-order valence-electron chi connectivity index (χ4n) is 3.94. The summed E-state index contributed by atoms with van der Waals surface area (Å²) in [6.07, 6.45) is 4.62. The van der Waals surface area contributed by atoms with Gasteiger partial charge in [-0.25, -0.2) is 13.1 Å². The van der Waals surface area contributed by atoms with E-state index in [0.717, 1.165) is 29.2 Å². The molecule has 0 saturated heterocycles. The maximum absolute atomic E-state index is 12.7. The van der Waals surface area contributed by atoms with Crippen LogP contribution in [0.5, 0.6) is 5.75 Å². The van der Waals surface area contributed by atoms with Gasteiger partial charge in [-0.1, -0.05) is 6.42 Å². The van der Waals surface area contributed by atoms with Gasteiger partial charge >= 0.3 is 0 Å². The minimum Gasteiger partial charge on any atom is -0.496 e. The standard InChI is InChI=1S/C16H23NO3S/c1-10-11(2)16(7-6-15(10)20-3)21(18,19)17-14-9-12-4-5-13(14)8-12/h6-7,12-14,17H,4-5,8-9H2,1-3H3/t12-,13-,14-/m1/s1. The van der Waals surface area contributed by atoms with Crippen molar-refractivity contribution in [2.75, 3.05) is 7.11 Å². The Balaban J connectivity index is 1.87. The molecule has 2 aliphatic rings. The molecule has 0 radical (unpaired) electrons. The van der Waals surface area contributed by atoms with Gasteiger partial charge in [0.15, 0.2) is 0 Å². The summed E-state index contributed by atoms with van der Waals surface area (Å²) in [5, 5.41) is 0. The number of hydrogen-bond donors (Lipinski definition) is 1. The molecule has 0 aliphatic heterocycles. The first-order valence-electron chi connectivity index (χ1n) is 7.59. The van der Waals surface area contributed by atoms with Gasteiger partial charge < -0.3 is 4.74 Å². The van der Waals surface area contributed by atoms with Gasteiger partial charge in [0, 0.05) is 6.04 Å². The topological polar surface area (TPSA) is 55.4 Å². The second-order valence-electron chi connectivity index (χ2n) is 6.42. The minimum atomic E-state index is -3.45. The molecule has 2 saturated carbocycles. The molecule has 0 heterocycles. The van der Waals surface area contributed by atoms with Gasteiger partial charge in [-0.2, -0.15) is 0 Å². The van der Waals surface area contributed by atoms with Gasteiger partial charge in [-0.3, -0.25) is 0 Å². The van der Waals surface area contributed by atoms with Crippen LogP contribution in [0.1, 0.15) is 36.8 Å². The van der Waals surface area contributed by atoms with E-state index < -0.39 is 10.0 Å². The molecule has 2 fully saturated rings. The van der Waals surface area contributed by atoms with E-state index in [0.29, 0.717) is 10.8 Å². The molecule has 2 aliphatic carbocycles. The number of ether oxygens (including phenoxy) is 1. The molecule has 0 spiro atoms. The predicted octanol–water partition coefficient (Wildman–Crippen LogP) is 2.78. The summed E-state index contributed by atoms with van der Waals surface area (Å²) in [4.78, 5) is 0.378. The van der Waals surface area contributed by atoms with E-state index in [9.17, 15) is 8.42 Å². The van der Waals surface area contributed by atoms with Crippen molar-refractivity contribution >= 4 is 10.0 Å². The summed E-state index contributed by atoms with van der Waals surface area (Å²) in [7, 11) is -1.85. The number of hydrogen-bond acceptors (Lipinski definition) is 3. The summed E-state index contributed by atoms with van der Waals surface area (Å²) in [5.41, 5.74) is 1.65. The first-order valence-corrected chi connectivity index (χ1v) is 9.07. The first-order chi connectivity index (χ1) is 9.92. The van der Waals surface area contributed by atoms with Crippen molar-refractivity contribution in [1.29, 1.82) is 0 Å². The third-order valence-corrected chi connectivity index (χ3v) is 6.88. The number of fused-ring (bicyclic) bond motifs is 2. The molecule has 3 rings (SSSR count). The lowest BCUT2D eigenvalue weighted by molar-refractivity contribution is 0.390. The number of sulfonamides is 1. The lowest BCUT2D eigenvalue weighted by Crippen LogP contribution is -2.38. The van der Waals surface area contributed by atoms with Crippen LogP contribution in [0.15, 0.2) is 17.0 Å². The molecule has 0 unspecified atom stereocenters. The van der Waals surface area contributed by atoms with Crippen molar-refractivity contribution in [3.05, 3.63) is 23.3 Å². The Labute approximate surface area is 126 Å². The van der Waals surface area contributed by atoms with Crippen molar-refractivity contribution in [3.8, 4) is 5.75 Å². The van der Waals surface area contributed by atoms with Crippen LogP contribution in [0.3, 0.4) is 0 Å². The molecule has 21 heavy (non-hydrogen) atoms. The number of methoxy groups -OCH3 is 1. The Bertz CT molecular complexity index is 654. The Kier molecular flexibility index (Phi) is 3.74. The molecule has 1 aromatic carbocycles. The molecule has 116 valence electrons. The quantitative estimate of drug-likeness (QED) is 0.930. The van der Waals surface area contributed by atoms with Crippen molar-refractivity contribution < 1.29 is 13.2 Å². The summed E-state index contributed by atoms with van der Waals surface area (Å²) in [6, 6.07) is 3.50. The van der Waals surface area contributed by atoms with Crippen LogP contribution >= 0.6 is 0 Å². The summed E-state index contributed by atoms with van der Waals surface area (Å²) < 4.78 is 33.6. The van der Waals surface area contributed by atoms with Crippen LogP contribution in [0.25, 0.3) is 0 Å². The Morgan fingerprint density at radius 3 is 2.48 bits per heavy atom. The Hall–Kier alpha value is -1.07. The minimum absolute atomic E-state index is 0.121.